The Morgan fingerprint density at radius 1 is 1.20 bits per heavy atom. The molecule has 0 radical (unpaired) electrons. The summed E-state index contributed by atoms with van der Waals surface area (Å²) in [7, 11) is 0. The van der Waals surface area contributed by atoms with Crippen molar-refractivity contribution < 1.29 is 14.5 Å². The van der Waals surface area contributed by atoms with Gasteiger partial charge in [-0.2, -0.15) is 10.4 Å². The Morgan fingerprint density at radius 3 is 2.50 bits per heavy atom. The van der Waals surface area contributed by atoms with E-state index < -0.39 is 4.92 Å². The van der Waals surface area contributed by atoms with Crippen molar-refractivity contribution in [3.63, 3.8) is 0 Å². The topological polar surface area (TPSA) is 114 Å². The van der Waals surface area contributed by atoms with Gasteiger partial charge < -0.3 is 9.64 Å². The lowest BCUT2D eigenvalue weighted by molar-refractivity contribution is -0.384. The minimum atomic E-state index is -0.480. The summed E-state index contributed by atoms with van der Waals surface area (Å²) in [4.78, 5) is 24.9. The molecule has 2 aromatic carbocycles. The van der Waals surface area contributed by atoms with Gasteiger partial charge in [0.25, 0.3) is 11.6 Å². The normalized spacial score (nSPS) is 10.3. The number of hydrogen-bond acceptors (Lipinski definition) is 6. The number of nitro benzene ring substituents is 1. The number of nitro groups is 1. The second kappa shape index (κ2) is 9.34. The predicted octanol–water partition coefficient (Wildman–Crippen LogP) is 3.74. The Kier molecular flexibility index (Phi) is 6.39. The molecule has 0 fully saturated rings. The van der Waals surface area contributed by atoms with Crippen LogP contribution in [0.4, 0.5) is 11.4 Å². The van der Waals surface area contributed by atoms with Crippen molar-refractivity contribution >= 4 is 17.3 Å². The maximum absolute atomic E-state index is 13.1. The Bertz CT molecular complexity index is 1070. The SMILES string of the molecule is CCOc1ccc(N(CCC#N)C(=O)c2ccn(-c3ccc([N+](=O)[O-])cc3)n2)cc1. The summed E-state index contributed by atoms with van der Waals surface area (Å²) in [5.74, 6) is 0.339. The molecule has 0 saturated heterocycles. The number of non-ortho nitro benzene ring substituents is 1. The van der Waals surface area contributed by atoms with Gasteiger partial charge in [-0.1, -0.05) is 0 Å². The van der Waals surface area contributed by atoms with Crippen molar-refractivity contribution in [3.8, 4) is 17.5 Å². The molecule has 3 aromatic rings. The second-order valence-electron chi connectivity index (χ2n) is 6.21. The molecule has 152 valence electrons. The standard InChI is InChI=1S/C21H19N5O4/c1-2-30-19-10-8-16(9-11-19)24(14-3-13-22)21(27)20-12-15-25(23-20)17-4-6-18(7-5-17)26(28)29/h4-12,15H,2-3,14H2,1H3. The van der Waals surface area contributed by atoms with Gasteiger partial charge in [0.05, 0.1) is 29.7 Å². The molecule has 1 heterocycles. The van der Waals surface area contributed by atoms with Crippen LogP contribution >= 0.6 is 0 Å². The van der Waals surface area contributed by atoms with Crippen molar-refractivity contribution in [1.82, 2.24) is 9.78 Å². The molecule has 1 aromatic heterocycles. The maximum atomic E-state index is 13.1. The Morgan fingerprint density at radius 2 is 1.90 bits per heavy atom. The molecule has 0 bridgehead atoms. The van der Waals surface area contributed by atoms with Gasteiger partial charge in [0.15, 0.2) is 5.69 Å². The lowest BCUT2D eigenvalue weighted by Gasteiger charge is -2.21. The Hall–Kier alpha value is -4.19. The number of hydrogen-bond donors (Lipinski definition) is 0. The third kappa shape index (κ3) is 4.62. The molecule has 0 unspecified atom stereocenters. The number of benzene rings is 2. The first-order chi connectivity index (χ1) is 14.5. The van der Waals surface area contributed by atoms with Crippen LogP contribution in [0.1, 0.15) is 23.8 Å². The van der Waals surface area contributed by atoms with E-state index in [1.54, 1.807) is 48.7 Å². The summed E-state index contributed by atoms with van der Waals surface area (Å²) < 4.78 is 6.90. The highest BCUT2D eigenvalue weighted by atomic mass is 16.6. The molecule has 0 spiro atoms. The van der Waals surface area contributed by atoms with E-state index in [0.29, 0.717) is 23.7 Å². The molecule has 30 heavy (non-hydrogen) atoms. The summed E-state index contributed by atoms with van der Waals surface area (Å²) in [5.41, 5.74) is 1.38. The van der Waals surface area contributed by atoms with Crippen LogP contribution in [0.3, 0.4) is 0 Å². The van der Waals surface area contributed by atoms with Crippen LogP contribution in [-0.4, -0.2) is 33.8 Å². The molecular formula is C21H19N5O4. The van der Waals surface area contributed by atoms with E-state index in [2.05, 4.69) is 11.2 Å². The summed E-state index contributed by atoms with van der Waals surface area (Å²) in [5, 5.41) is 24.1. The molecule has 0 aliphatic carbocycles. The molecule has 9 nitrogen and oxygen atoms in total. The van der Waals surface area contributed by atoms with E-state index in [4.69, 9.17) is 10.00 Å². The van der Waals surface area contributed by atoms with Crippen molar-refractivity contribution in [2.24, 2.45) is 0 Å². The lowest BCUT2D eigenvalue weighted by atomic mass is 10.2. The van der Waals surface area contributed by atoms with E-state index >= 15 is 0 Å². The molecule has 0 saturated carbocycles. The molecular weight excluding hydrogens is 386 g/mol. The highest BCUT2D eigenvalue weighted by molar-refractivity contribution is 6.04. The fourth-order valence-electron chi connectivity index (χ4n) is 2.85. The van der Waals surface area contributed by atoms with E-state index in [0.717, 1.165) is 0 Å². The molecule has 0 aliphatic rings. The van der Waals surface area contributed by atoms with Crippen molar-refractivity contribution in [1.29, 1.82) is 5.26 Å². The predicted molar refractivity (Wildman–Crippen MR) is 110 cm³/mol. The van der Waals surface area contributed by atoms with Crippen molar-refractivity contribution in [3.05, 3.63) is 76.6 Å². The van der Waals surface area contributed by atoms with Crippen molar-refractivity contribution in [2.45, 2.75) is 13.3 Å². The van der Waals surface area contributed by atoms with Gasteiger partial charge in [-0.15, -0.1) is 0 Å². The highest BCUT2D eigenvalue weighted by Gasteiger charge is 2.20. The molecule has 0 N–H and O–H groups in total. The number of ether oxygens (including phenoxy) is 1. The van der Waals surface area contributed by atoms with Crippen LogP contribution in [0.15, 0.2) is 60.8 Å². The van der Waals surface area contributed by atoms with Crippen LogP contribution in [0, 0.1) is 21.4 Å². The van der Waals surface area contributed by atoms with Crippen LogP contribution in [0.25, 0.3) is 5.69 Å². The van der Waals surface area contributed by atoms with Crippen LogP contribution < -0.4 is 9.64 Å². The van der Waals surface area contributed by atoms with Gasteiger partial charge in [-0.3, -0.25) is 14.9 Å². The maximum Gasteiger partial charge on any atom is 0.278 e. The van der Waals surface area contributed by atoms with E-state index in [-0.39, 0.29) is 30.3 Å². The Balaban J connectivity index is 1.84. The molecule has 0 aliphatic heterocycles. The molecule has 9 heteroatoms. The third-order valence-electron chi connectivity index (χ3n) is 4.29. The number of aromatic nitrogens is 2. The quantitative estimate of drug-likeness (QED) is 0.416. The van der Waals surface area contributed by atoms with Gasteiger partial charge in [-0.05, 0) is 49.4 Å². The largest absolute Gasteiger partial charge is 0.494 e. The summed E-state index contributed by atoms with van der Waals surface area (Å²) in [6.45, 7) is 2.64. The Labute approximate surface area is 172 Å². The molecule has 1 amide bonds. The van der Waals surface area contributed by atoms with E-state index in [1.807, 2.05) is 6.92 Å². The smallest absolute Gasteiger partial charge is 0.278 e. The van der Waals surface area contributed by atoms with Crippen LogP contribution in [0.5, 0.6) is 5.75 Å². The number of amides is 1. The number of carbonyl (C=O) groups excluding carboxylic acids is 1. The average molecular weight is 405 g/mol. The van der Waals surface area contributed by atoms with E-state index in [9.17, 15) is 14.9 Å². The van der Waals surface area contributed by atoms with Gasteiger partial charge >= 0.3 is 0 Å². The zero-order chi connectivity index (χ0) is 21.5. The number of nitriles is 1. The number of nitrogens with zero attached hydrogens (tertiary/aromatic N) is 5. The zero-order valence-electron chi connectivity index (χ0n) is 16.3. The number of rotatable bonds is 8. The molecule has 0 atom stereocenters. The van der Waals surface area contributed by atoms with Crippen LogP contribution in [-0.2, 0) is 0 Å². The van der Waals surface area contributed by atoms with Gasteiger partial charge in [0, 0.05) is 30.6 Å². The minimum Gasteiger partial charge on any atom is -0.494 e. The average Bonchev–Trinajstić information content (AvgIpc) is 3.25. The van der Waals surface area contributed by atoms with Gasteiger partial charge in [0.1, 0.15) is 5.75 Å². The first-order valence-electron chi connectivity index (χ1n) is 9.25. The minimum absolute atomic E-state index is 0.0274. The molecule has 3 rings (SSSR count). The first kappa shape index (κ1) is 20.5. The highest BCUT2D eigenvalue weighted by Crippen LogP contribution is 2.22. The first-order valence-corrected chi connectivity index (χ1v) is 9.25. The van der Waals surface area contributed by atoms with Crippen LogP contribution in [0.2, 0.25) is 0 Å². The fraction of sp³-hybridized carbons (Fsp3) is 0.190. The van der Waals surface area contributed by atoms with Gasteiger partial charge in [-0.25, -0.2) is 4.68 Å². The fourth-order valence-corrected chi connectivity index (χ4v) is 2.85. The van der Waals surface area contributed by atoms with E-state index in [1.165, 1.54) is 21.7 Å². The lowest BCUT2D eigenvalue weighted by Crippen LogP contribution is -2.32. The second-order valence-corrected chi connectivity index (χ2v) is 6.21. The summed E-state index contributed by atoms with van der Waals surface area (Å²) in [6.07, 6.45) is 1.77. The number of carbonyl (C=O) groups is 1. The number of anilines is 1. The summed E-state index contributed by atoms with van der Waals surface area (Å²) >= 11 is 0. The summed E-state index contributed by atoms with van der Waals surface area (Å²) in [6, 6.07) is 16.5. The monoisotopic (exact) mass is 405 g/mol. The van der Waals surface area contributed by atoms with Gasteiger partial charge in [0.2, 0.25) is 0 Å². The zero-order valence-corrected chi connectivity index (χ0v) is 16.3. The van der Waals surface area contributed by atoms with Crippen molar-refractivity contribution in [2.75, 3.05) is 18.1 Å². The third-order valence-corrected chi connectivity index (χ3v) is 4.29.